The van der Waals surface area contributed by atoms with Crippen LogP contribution >= 0.6 is 0 Å². The lowest BCUT2D eigenvalue weighted by molar-refractivity contribution is 0.0946. The van der Waals surface area contributed by atoms with E-state index in [1.165, 1.54) is 12.8 Å². The number of ketones is 1. The van der Waals surface area contributed by atoms with E-state index in [0.29, 0.717) is 18.0 Å². The largest absolute Gasteiger partial charge is 0.352 e. The second kappa shape index (κ2) is 22.5. The number of carbonyl (C=O) groups excluding carboxylic acids is 2. The zero-order valence-corrected chi connectivity index (χ0v) is 26.3. The Hall–Kier alpha value is -2.49. The van der Waals surface area contributed by atoms with Crippen LogP contribution in [0.25, 0.3) is 0 Å². The first-order chi connectivity index (χ1) is 18.1. The second-order valence-electron chi connectivity index (χ2n) is 9.78. The summed E-state index contributed by atoms with van der Waals surface area (Å²) in [6, 6.07) is 10.9. The molecule has 0 radical (unpaired) electrons. The molecular weight excluding hydrogens is 473 g/mol. The molecule has 2 aromatic carbocycles. The van der Waals surface area contributed by atoms with E-state index in [1.807, 2.05) is 52.8 Å². The minimum atomic E-state index is -0.0684. The fraction of sp³-hybridized carbons (Fsp3) is 0.588. The molecule has 1 atom stereocenters. The predicted molar refractivity (Wildman–Crippen MR) is 164 cm³/mol. The Bertz CT molecular complexity index is 921. The van der Waals surface area contributed by atoms with E-state index in [-0.39, 0.29) is 17.5 Å². The normalized spacial score (nSPS) is 10.7. The first kappa shape index (κ1) is 37.7. The van der Waals surface area contributed by atoms with E-state index in [4.69, 9.17) is 0 Å². The van der Waals surface area contributed by atoms with E-state index in [9.17, 15) is 14.0 Å². The number of benzene rings is 2. The summed E-state index contributed by atoms with van der Waals surface area (Å²) >= 11 is 0. The summed E-state index contributed by atoms with van der Waals surface area (Å²) in [5, 5.41) is 2.89. The van der Waals surface area contributed by atoms with Gasteiger partial charge in [0.05, 0.1) is 0 Å². The lowest BCUT2D eigenvalue weighted by Gasteiger charge is -2.11. The first-order valence-corrected chi connectivity index (χ1v) is 14.8. The highest BCUT2D eigenvalue weighted by Crippen LogP contribution is 2.17. The maximum atomic E-state index is 13.5. The highest BCUT2D eigenvalue weighted by molar-refractivity contribution is 5.99. The molecule has 2 rings (SSSR count). The third-order valence-electron chi connectivity index (χ3n) is 5.99. The number of aryl methyl sites for hydroxylation is 3. The first-order valence-electron chi connectivity index (χ1n) is 14.8. The van der Waals surface area contributed by atoms with Gasteiger partial charge in [-0.3, -0.25) is 9.59 Å². The van der Waals surface area contributed by atoms with Crippen molar-refractivity contribution in [2.24, 2.45) is 11.8 Å². The molecule has 4 heteroatoms. The predicted octanol–water partition coefficient (Wildman–Crippen LogP) is 9.78. The number of rotatable bonds is 11. The molecule has 0 aliphatic rings. The quantitative estimate of drug-likeness (QED) is 0.294. The fourth-order valence-corrected chi connectivity index (χ4v) is 3.65. The molecule has 3 nitrogen and oxygen atoms in total. The molecule has 0 aromatic heterocycles. The minimum Gasteiger partial charge on any atom is -0.352 e. The lowest BCUT2D eigenvalue weighted by atomic mass is 9.97. The number of halogens is 1. The van der Waals surface area contributed by atoms with E-state index >= 15 is 0 Å². The van der Waals surface area contributed by atoms with Gasteiger partial charge < -0.3 is 5.32 Å². The fourth-order valence-electron chi connectivity index (χ4n) is 3.65. The van der Waals surface area contributed by atoms with Crippen LogP contribution in [-0.2, 0) is 12.8 Å². The number of carbonyl (C=O) groups is 2. The van der Waals surface area contributed by atoms with Gasteiger partial charge in [-0.1, -0.05) is 99.8 Å². The van der Waals surface area contributed by atoms with Gasteiger partial charge in [0.1, 0.15) is 5.82 Å². The van der Waals surface area contributed by atoms with Crippen LogP contribution in [0, 0.1) is 24.6 Å². The lowest BCUT2D eigenvalue weighted by Crippen LogP contribution is -2.27. The number of amides is 1. The van der Waals surface area contributed by atoms with Gasteiger partial charge in [-0.25, -0.2) is 4.39 Å². The Kier molecular flexibility index (Phi) is 22.3. The molecule has 0 fully saturated rings. The molecule has 1 N–H and O–H groups in total. The van der Waals surface area contributed by atoms with E-state index in [0.717, 1.165) is 53.9 Å². The van der Waals surface area contributed by atoms with Crippen molar-refractivity contribution in [3.05, 3.63) is 70.0 Å². The van der Waals surface area contributed by atoms with E-state index in [1.54, 1.807) is 25.1 Å². The average molecular weight is 530 g/mol. The minimum absolute atomic E-state index is 0.0425. The number of Topliss-reactive ketones (excluding diaryl/α,β-unsaturated/α-hetero) is 1. The molecule has 0 aliphatic heterocycles. The third-order valence-corrected chi connectivity index (χ3v) is 5.99. The average Bonchev–Trinajstić information content (AvgIpc) is 2.91. The van der Waals surface area contributed by atoms with Gasteiger partial charge in [-0.2, -0.15) is 0 Å². The van der Waals surface area contributed by atoms with Crippen molar-refractivity contribution >= 4 is 11.7 Å². The van der Waals surface area contributed by atoms with Crippen molar-refractivity contribution in [1.29, 1.82) is 0 Å². The third kappa shape index (κ3) is 15.7. The van der Waals surface area contributed by atoms with Crippen molar-refractivity contribution in [2.75, 3.05) is 6.54 Å². The van der Waals surface area contributed by atoms with Crippen molar-refractivity contribution in [1.82, 2.24) is 5.32 Å². The van der Waals surface area contributed by atoms with Crippen molar-refractivity contribution in [3.8, 4) is 0 Å². The van der Waals surface area contributed by atoms with Crippen LogP contribution in [0.4, 0.5) is 4.39 Å². The number of hydrogen-bond donors (Lipinski definition) is 1. The number of hydrogen-bond acceptors (Lipinski definition) is 2. The van der Waals surface area contributed by atoms with Crippen LogP contribution < -0.4 is 5.32 Å². The van der Waals surface area contributed by atoms with Crippen molar-refractivity contribution in [2.45, 2.75) is 115 Å². The van der Waals surface area contributed by atoms with Crippen molar-refractivity contribution < 1.29 is 14.0 Å². The molecule has 1 unspecified atom stereocenters. The van der Waals surface area contributed by atoms with Gasteiger partial charge in [0.25, 0.3) is 5.91 Å². The standard InChI is InChI=1S/C16H23NO2.C14H21F.2C2H6/c1-5-6-13-9-14(7-8-15(13)12(4)18)16(19)17-10-11(2)3;1-4-11(2)6-5-7-13-9-8-12(3)10-14(13)15;2*1-2/h7-9,11H,5-6,10H2,1-4H3,(H,17,19);8-11H,4-7H2,1-3H3;2*1-2H3. The van der Waals surface area contributed by atoms with E-state index < -0.39 is 0 Å². The summed E-state index contributed by atoms with van der Waals surface area (Å²) in [5.74, 6) is 1.13. The maximum Gasteiger partial charge on any atom is 0.251 e. The van der Waals surface area contributed by atoms with Crippen LogP contribution in [0.3, 0.4) is 0 Å². The Balaban J connectivity index is 0. The van der Waals surface area contributed by atoms with Crippen LogP contribution in [0.15, 0.2) is 36.4 Å². The monoisotopic (exact) mass is 529 g/mol. The van der Waals surface area contributed by atoms with Crippen LogP contribution in [0.2, 0.25) is 0 Å². The highest BCUT2D eigenvalue weighted by Gasteiger charge is 2.12. The van der Waals surface area contributed by atoms with Gasteiger partial charge in [-0.05, 0) is 79.8 Å². The summed E-state index contributed by atoms with van der Waals surface area (Å²) in [6.07, 6.45) is 6.16. The van der Waals surface area contributed by atoms with Gasteiger partial charge in [0.2, 0.25) is 0 Å². The van der Waals surface area contributed by atoms with Crippen LogP contribution in [0.5, 0.6) is 0 Å². The topological polar surface area (TPSA) is 46.2 Å². The summed E-state index contributed by atoms with van der Waals surface area (Å²) in [6.45, 7) is 22.8. The van der Waals surface area contributed by atoms with Crippen molar-refractivity contribution in [3.63, 3.8) is 0 Å². The summed E-state index contributed by atoms with van der Waals surface area (Å²) in [4.78, 5) is 23.5. The summed E-state index contributed by atoms with van der Waals surface area (Å²) in [5.41, 5.74) is 4.19. The van der Waals surface area contributed by atoms with Gasteiger partial charge >= 0.3 is 0 Å². The highest BCUT2D eigenvalue weighted by atomic mass is 19.1. The SMILES string of the molecule is CC.CC.CCC(C)CCCc1ccc(C)cc1F.CCCc1cc(C(=O)NCC(C)C)ccc1C(C)=O. The zero-order chi connectivity index (χ0) is 29.7. The second-order valence-corrected chi connectivity index (χ2v) is 9.78. The molecule has 2 aromatic rings. The Morgan fingerprint density at radius 1 is 0.895 bits per heavy atom. The van der Waals surface area contributed by atoms with Crippen LogP contribution in [0.1, 0.15) is 132 Å². The summed E-state index contributed by atoms with van der Waals surface area (Å²) in [7, 11) is 0. The summed E-state index contributed by atoms with van der Waals surface area (Å²) < 4.78 is 13.5. The molecule has 0 bridgehead atoms. The van der Waals surface area contributed by atoms with Gasteiger partial charge in [-0.15, -0.1) is 0 Å². The molecule has 0 saturated carbocycles. The molecular formula is C34H56FNO2. The Morgan fingerprint density at radius 2 is 1.53 bits per heavy atom. The van der Waals surface area contributed by atoms with E-state index in [2.05, 4.69) is 39.9 Å². The Labute approximate surface area is 234 Å². The molecule has 1 amide bonds. The molecule has 0 heterocycles. The van der Waals surface area contributed by atoms with Gasteiger partial charge in [0.15, 0.2) is 5.78 Å². The molecule has 0 aliphatic carbocycles. The van der Waals surface area contributed by atoms with Gasteiger partial charge in [0, 0.05) is 17.7 Å². The zero-order valence-electron chi connectivity index (χ0n) is 26.3. The van der Waals surface area contributed by atoms with Crippen LogP contribution in [-0.4, -0.2) is 18.2 Å². The smallest absolute Gasteiger partial charge is 0.251 e. The maximum absolute atomic E-state index is 13.5. The molecule has 0 spiro atoms. The molecule has 0 saturated heterocycles. The Morgan fingerprint density at radius 3 is 2.03 bits per heavy atom. The molecule has 216 valence electrons. The molecule has 38 heavy (non-hydrogen) atoms. The number of nitrogens with one attached hydrogen (secondary N) is 1.